The van der Waals surface area contributed by atoms with E-state index in [0.717, 1.165) is 5.56 Å². The number of rotatable bonds is 8. The summed E-state index contributed by atoms with van der Waals surface area (Å²) in [5.41, 5.74) is 1.51. The van der Waals surface area contributed by atoms with Crippen LogP contribution < -0.4 is 5.32 Å². The third-order valence-electron chi connectivity index (χ3n) is 3.01. The summed E-state index contributed by atoms with van der Waals surface area (Å²) in [5.74, 6) is -0.369. The van der Waals surface area contributed by atoms with Crippen molar-refractivity contribution in [3.63, 3.8) is 0 Å². The zero-order chi connectivity index (χ0) is 18.1. The lowest BCUT2D eigenvalue weighted by Crippen LogP contribution is -2.19. The molecule has 24 heavy (non-hydrogen) atoms. The highest BCUT2D eigenvalue weighted by Gasteiger charge is 2.10. The monoisotopic (exact) mass is 353 g/mol. The Kier molecular flexibility index (Phi) is 8.68. The van der Waals surface area contributed by atoms with Gasteiger partial charge in [-0.25, -0.2) is 4.79 Å². The highest BCUT2D eigenvalue weighted by molar-refractivity contribution is 8.00. The maximum Gasteiger partial charge on any atom is 0.411 e. The van der Waals surface area contributed by atoms with E-state index in [1.165, 1.54) is 0 Å². The molecular formula is C18H27NO4S. The van der Waals surface area contributed by atoms with Crippen molar-refractivity contribution in [3.05, 3.63) is 29.8 Å². The first kappa shape index (κ1) is 20.4. The second-order valence-corrected chi connectivity index (χ2v) is 8.20. The Labute approximate surface area is 148 Å². The molecule has 0 aliphatic heterocycles. The van der Waals surface area contributed by atoms with Gasteiger partial charge in [0.25, 0.3) is 0 Å². The Morgan fingerprint density at radius 2 is 1.67 bits per heavy atom. The average Bonchev–Trinajstić information content (AvgIpc) is 2.51. The maximum atomic E-state index is 11.8. The van der Waals surface area contributed by atoms with Gasteiger partial charge in [0.2, 0.25) is 0 Å². The van der Waals surface area contributed by atoms with Crippen LogP contribution in [0.15, 0.2) is 24.3 Å². The number of hydrogen-bond acceptors (Lipinski definition) is 5. The number of hydrogen-bond donors (Lipinski definition) is 1. The predicted molar refractivity (Wildman–Crippen MR) is 98.2 cm³/mol. The molecule has 6 heteroatoms. The first-order valence-electron chi connectivity index (χ1n) is 8.12. The molecule has 1 aromatic rings. The van der Waals surface area contributed by atoms with E-state index >= 15 is 0 Å². The zero-order valence-electron chi connectivity index (χ0n) is 15.0. The minimum absolute atomic E-state index is 0.142. The Morgan fingerprint density at radius 1 is 1.04 bits per heavy atom. The minimum Gasteiger partial charge on any atom is -0.461 e. The van der Waals surface area contributed by atoms with Crippen LogP contribution in [0.4, 0.5) is 10.5 Å². The number of esters is 1. The first-order valence-corrected chi connectivity index (χ1v) is 9.07. The predicted octanol–water partition coefficient (Wildman–Crippen LogP) is 4.46. The van der Waals surface area contributed by atoms with Crippen LogP contribution in [0, 0.1) is 5.92 Å². The van der Waals surface area contributed by atoms with Crippen molar-refractivity contribution in [3.8, 4) is 0 Å². The van der Waals surface area contributed by atoms with E-state index in [-0.39, 0.29) is 23.7 Å². The molecule has 1 N–H and O–H groups in total. The number of carbonyl (C=O) groups excluding carboxylic acids is 2. The van der Waals surface area contributed by atoms with Gasteiger partial charge >= 0.3 is 12.1 Å². The summed E-state index contributed by atoms with van der Waals surface area (Å²) in [6.07, 6.45) is -0.467. The van der Waals surface area contributed by atoms with Gasteiger partial charge in [-0.1, -0.05) is 39.8 Å². The van der Waals surface area contributed by atoms with Crippen molar-refractivity contribution in [2.75, 3.05) is 11.9 Å². The van der Waals surface area contributed by atoms with Crippen molar-refractivity contribution in [2.24, 2.45) is 5.92 Å². The molecule has 1 atom stereocenters. The first-order chi connectivity index (χ1) is 11.3. The molecule has 1 rings (SSSR count). The third kappa shape index (κ3) is 8.24. The molecule has 0 bridgehead atoms. The van der Waals surface area contributed by atoms with Gasteiger partial charge in [-0.3, -0.25) is 10.1 Å². The van der Waals surface area contributed by atoms with Crippen LogP contribution in [-0.4, -0.2) is 29.2 Å². The van der Waals surface area contributed by atoms with Crippen molar-refractivity contribution in [1.82, 2.24) is 0 Å². The average molecular weight is 353 g/mol. The van der Waals surface area contributed by atoms with Crippen molar-refractivity contribution >= 4 is 29.5 Å². The topological polar surface area (TPSA) is 64.6 Å². The van der Waals surface area contributed by atoms with Gasteiger partial charge in [0.05, 0.1) is 5.92 Å². The van der Waals surface area contributed by atoms with E-state index in [0.29, 0.717) is 17.5 Å². The van der Waals surface area contributed by atoms with E-state index < -0.39 is 6.09 Å². The molecule has 5 nitrogen and oxygen atoms in total. The normalized spacial score (nSPS) is 12.1. The largest absolute Gasteiger partial charge is 0.461 e. The van der Waals surface area contributed by atoms with Gasteiger partial charge in [-0.05, 0) is 29.9 Å². The fourth-order valence-corrected chi connectivity index (χ4v) is 2.93. The Hall–Kier alpha value is -1.69. The lowest BCUT2D eigenvalue weighted by molar-refractivity contribution is -0.148. The molecular weight excluding hydrogens is 326 g/mol. The molecule has 1 amide bonds. The molecule has 0 saturated heterocycles. The number of ether oxygens (including phenoxy) is 2. The lowest BCUT2D eigenvalue weighted by atomic mass is 10.2. The Balaban J connectivity index is 2.38. The molecule has 0 radical (unpaired) electrons. The second-order valence-electron chi connectivity index (χ2n) is 6.18. The quantitative estimate of drug-likeness (QED) is 0.699. The third-order valence-corrected chi connectivity index (χ3v) is 4.15. The summed E-state index contributed by atoms with van der Waals surface area (Å²) in [6.45, 7) is 10.4. The van der Waals surface area contributed by atoms with E-state index in [9.17, 15) is 9.59 Å². The van der Waals surface area contributed by atoms with E-state index in [4.69, 9.17) is 9.47 Å². The lowest BCUT2D eigenvalue weighted by Gasteiger charge is -2.14. The smallest absolute Gasteiger partial charge is 0.411 e. The zero-order valence-corrected chi connectivity index (χ0v) is 15.8. The highest BCUT2D eigenvalue weighted by Crippen LogP contribution is 2.17. The van der Waals surface area contributed by atoms with Crippen LogP contribution in [0.1, 0.15) is 40.2 Å². The number of amides is 1. The van der Waals surface area contributed by atoms with Gasteiger partial charge in [-0.2, -0.15) is 11.8 Å². The molecule has 0 aliphatic carbocycles. The van der Waals surface area contributed by atoms with Crippen LogP contribution in [0.5, 0.6) is 0 Å². The molecule has 134 valence electrons. The summed E-state index contributed by atoms with van der Waals surface area (Å²) in [5, 5.41) is 3.44. The van der Waals surface area contributed by atoms with Gasteiger partial charge in [0.15, 0.2) is 0 Å². The van der Waals surface area contributed by atoms with Crippen LogP contribution in [0.25, 0.3) is 0 Å². The molecule has 1 aromatic carbocycles. The molecule has 0 aromatic heterocycles. The van der Waals surface area contributed by atoms with Gasteiger partial charge in [0, 0.05) is 10.9 Å². The van der Waals surface area contributed by atoms with Crippen LogP contribution in [-0.2, 0) is 20.9 Å². The second kappa shape index (κ2) is 10.2. The summed E-state index contributed by atoms with van der Waals surface area (Å²) in [4.78, 5) is 23.2. The Bertz CT molecular complexity index is 528. The van der Waals surface area contributed by atoms with Crippen molar-refractivity contribution in [1.29, 1.82) is 0 Å². The number of thioether (sulfide) groups is 1. The Morgan fingerprint density at radius 3 is 2.21 bits per heavy atom. The number of nitrogens with one attached hydrogen (secondary N) is 1. The molecule has 0 heterocycles. The van der Waals surface area contributed by atoms with Crippen molar-refractivity contribution in [2.45, 2.75) is 51.7 Å². The number of benzene rings is 1. The summed E-state index contributed by atoms with van der Waals surface area (Å²) >= 11 is 1.77. The number of carbonyl (C=O) groups is 2. The SMILES string of the molecule is CC(C)SC(C)COC(=O)Nc1ccc(COC(=O)C(C)C)cc1. The van der Waals surface area contributed by atoms with Crippen LogP contribution in [0.3, 0.4) is 0 Å². The highest BCUT2D eigenvalue weighted by atomic mass is 32.2. The van der Waals surface area contributed by atoms with Crippen LogP contribution >= 0.6 is 11.8 Å². The minimum atomic E-state index is -0.467. The van der Waals surface area contributed by atoms with Gasteiger partial charge in [-0.15, -0.1) is 0 Å². The maximum absolute atomic E-state index is 11.8. The fourth-order valence-electron chi connectivity index (χ4n) is 1.86. The summed E-state index contributed by atoms with van der Waals surface area (Å²) in [6, 6.07) is 7.12. The molecule has 1 unspecified atom stereocenters. The van der Waals surface area contributed by atoms with E-state index in [1.54, 1.807) is 49.9 Å². The summed E-state index contributed by atoms with van der Waals surface area (Å²) in [7, 11) is 0. The van der Waals surface area contributed by atoms with E-state index in [2.05, 4.69) is 19.2 Å². The standard InChI is InChI=1S/C18H27NO4S/c1-12(2)17(20)22-11-15-6-8-16(9-7-15)19-18(21)23-10-14(5)24-13(3)4/h6-9,12-14H,10-11H2,1-5H3,(H,19,21). The van der Waals surface area contributed by atoms with E-state index in [1.807, 2.05) is 6.92 Å². The molecule has 0 saturated carbocycles. The van der Waals surface area contributed by atoms with Gasteiger partial charge < -0.3 is 9.47 Å². The van der Waals surface area contributed by atoms with Crippen molar-refractivity contribution < 1.29 is 19.1 Å². The van der Waals surface area contributed by atoms with Gasteiger partial charge in [0.1, 0.15) is 13.2 Å². The van der Waals surface area contributed by atoms with Crippen LogP contribution in [0.2, 0.25) is 0 Å². The molecule has 0 aliphatic rings. The summed E-state index contributed by atoms with van der Waals surface area (Å²) < 4.78 is 10.4. The molecule has 0 fully saturated rings. The fraction of sp³-hybridized carbons (Fsp3) is 0.556. The molecule has 0 spiro atoms. The number of anilines is 1.